The molecule has 0 aliphatic heterocycles. The lowest BCUT2D eigenvalue weighted by Gasteiger charge is -2.14. The SMILES string of the molecule is CCCCCCCCCCCCCCc1ncnc(CCCCCCCCCCCCCC)c1CCCCCCCCCCCCCC. The van der Waals surface area contributed by atoms with E-state index in [9.17, 15) is 0 Å². The maximum atomic E-state index is 4.90. The Balaban J connectivity index is 2.37. The molecule has 0 unspecified atom stereocenters. The number of unbranched alkanes of at least 4 members (excludes halogenated alkanes) is 33. The van der Waals surface area contributed by atoms with E-state index in [0.29, 0.717) is 0 Å². The molecular formula is C46H88N2. The molecule has 0 bridgehead atoms. The van der Waals surface area contributed by atoms with Crippen molar-refractivity contribution in [2.24, 2.45) is 0 Å². The van der Waals surface area contributed by atoms with Crippen LogP contribution in [0.4, 0.5) is 0 Å². The molecule has 0 spiro atoms. The zero-order valence-electron chi connectivity index (χ0n) is 33.5. The van der Waals surface area contributed by atoms with Crippen molar-refractivity contribution in [3.63, 3.8) is 0 Å². The Labute approximate surface area is 303 Å². The standard InChI is InChI=1S/C46H88N2/c1-4-7-10-13-16-19-22-25-28-31-34-37-40-44-45(41-38-35-32-29-26-23-20-17-14-11-8-5-2)47-43-48-46(44)42-39-36-33-30-27-24-21-18-15-12-9-6-3/h43H,4-42H2,1-3H3. The Hall–Kier alpha value is -0.920. The summed E-state index contributed by atoms with van der Waals surface area (Å²) in [6.45, 7) is 6.93. The normalized spacial score (nSPS) is 11.6. The predicted octanol–water partition coefficient (Wildman–Crippen LogP) is 16.2. The monoisotopic (exact) mass is 669 g/mol. The van der Waals surface area contributed by atoms with Crippen LogP contribution in [0.1, 0.15) is 269 Å². The van der Waals surface area contributed by atoms with Crippen molar-refractivity contribution >= 4 is 0 Å². The van der Waals surface area contributed by atoms with Crippen LogP contribution in [0.15, 0.2) is 6.33 Å². The Morgan fingerprint density at radius 2 is 0.479 bits per heavy atom. The van der Waals surface area contributed by atoms with Crippen LogP contribution >= 0.6 is 0 Å². The fraction of sp³-hybridized carbons (Fsp3) is 0.913. The molecule has 0 aliphatic carbocycles. The molecule has 1 rings (SSSR count). The summed E-state index contributed by atoms with van der Waals surface area (Å²) >= 11 is 0. The average molecular weight is 669 g/mol. The van der Waals surface area contributed by atoms with E-state index in [4.69, 9.17) is 9.97 Å². The fourth-order valence-corrected chi connectivity index (χ4v) is 7.62. The van der Waals surface area contributed by atoms with Crippen molar-refractivity contribution in [3.05, 3.63) is 23.3 Å². The molecule has 2 nitrogen and oxygen atoms in total. The third-order valence-corrected chi connectivity index (χ3v) is 10.9. The van der Waals surface area contributed by atoms with Crippen molar-refractivity contribution < 1.29 is 0 Å². The van der Waals surface area contributed by atoms with Crippen molar-refractivity contribution in [1.82, 2.24) is 9.97 Å². The predicted molar refractivity (Wildman–Crippen MR) is 216 cm³/mol. The Kier molecular flexibility index (Phi) is 35.1. The highest BCUT2D eigenvalue weighted by Crippen LogP contribution is 2.21. The molecule has 1 aromatic rings. The second-order valence-electron chi connectivity index (χ2n) is 15.7. The van der Waals surface area contributed by atoms with Gasteiger partial charge in [-0.3, -0.25) is 0 Å². The van der Waals surface area contributed by atoms with Gasteiger partial charge >= 0.3 is 0 Å². The Bertz CT molecular complexity index is 712. The lowest BCUT2D eigenvalue weighted by Crippen LogP contribution is -2.07. The van der Waals surface area contributed by atoms with Gasteiger partial charge in [-0.25, -0.2) is 9.97 Å². The molecule has 2 heteroatoms. The van der Waals surface area contributed by atoms with E-state index >= 15 is 0 Å². The van der Waals surface area contributed by atoms with Gasteiger partial charge in [-0.2, -0.15) is 0 Å². The van der Waals surface area contributed by atoms with E-state index in [-0.39, 0.29) is 0 Å². The zero-order chi connectivity index (χ0) is 34.4. The second kappa shape index (κ2) is 37.3. The topological polar surface area (TPSA) is 25.8 Å². The van der Waals surface area contributed by atoms with Crippen LogP contribution in [0.2, 0.25) is 0 Å². The lowest BCUT2D eigenvalue weighted by atomic mass is 9.96. The van der Waals surface area contributed by atoms with E-state index in [0.717, 1.165) is 0 Å². The quantitative estimate of drug-likeness (QED) is 0.0652. The number of hydrogen-bond acceptors (Lipinski definition) is 2. The summed E-state index contributed by atoms with van der Waals surface area (Å²) in [4.78, 5) is 9.80. The van der Waals surface area contributed by atoms with Crippen LogP contribution in [0.3, 0.4) is 0 Å². The van der Waals surface area contributed by atoms with Crippen LogP contribution in [0.5, 0.6) is 0 Å². The van der Waals surface area contributed by atoms with Gasteiger partial charge in [0.1, 0.15) is 6.33 Å². The van der Waals surface area contributed by atoms with E-state index in [1.807, 2.05) is 6.33 Å². The van der Waals surface area contributed by atoms with Gasteiger partial charge in [-0.15, -0.1) is 0 Å². The van der Waals surface area contributed by atoms with Crippen LogP contribution in [-0.4, -0.2) is 9.97 Å². The van der Waals surface area contributed by atoms with Crippen LogP contribution in [0.25, 0.3) is 0 Å². The van der Waals surface area contributed by atoms with Crippen molar-refractivity contribution in [3.8, 4) is 0 Å². The van der Waals surface area contributed by atoms with Crippen LogP contribution < -0.4 is 0 Å². The average Bonchev–Trinajstić information content (AvgIpc) is 3.10. The van der Waals surface area contributed by atoms with Gasteiger partial charge in [0.15, 0.2) is 0 Å². The first-order chi connectivity index (χ1) is 23.8. The second-order valence-corrected chi connectivity index (χ2v) is 15.7. The number of nitrogens with zero attached hydrogens (tertiary/aromatic N) is 2. The molecule has 1 heterocycles. The summed E-state index contributed by atoms with van der Waals surface area (Å²) in [7, 11) is 0. The van der Waals surface area contributed by atoms with E-state index in [1.54, 1.807) is 5.56 Å². The summed E-state index contributed by atoms with van der Waals surface area (Å²) in [6, 6.07) is 0. The first-order valence-electron chi connectivity index (χ1n) is 22.6. The van der Waals surface area contributed by atoms with E-state index in [1.165, 1.54) is 262 Å². The molecular weight excluding hydrogens is 581 g/mol. The molecule has 0 radical (unpaired) electrons. The summed E-state index contributed by atoms with van der Waals surface area (Å²) < 4.78 is 0. The van der Waals surface area contributed by atoms with Gasteiger partial charge in [0.25, 0.3) is 0 Å². The molecule has 0 saturated heterocycles. The third-order valence-electron chi connectivity index (χ3n) is 10.9. The molecule has 282 valence electrons. The van der Waals surface area contributed by atoms with Crippen LogP contribution in [-0.2, 0) is 19.3 Å². The van der Waals surface area contributed by atoms with Gasteiger partial charge < -0.3 is 0 Å². The molecule has 0 amide bonds. The van der Waals surface area contributed by atoms with Gasteiger partial charge in [-0.1, -0.05) is 233 Å². The van der Waals surface area contributed by atoms with E-state index in [2.05, 4.69) is 20.8 Å². The lowest BCUT2D eigenvalue weighted by molar-refractivity contribution is 0.538. The largest absolute Gasteiger partial charge is 0.241 e. The van der Waals surface area contributed by atoms with Crippen molar-refractivity contribution in [2.75, 3.05) is 0 Å². The number of aryl methyl sites for hydroxylation is 2. The summed E-state index contributed by atoms with van der Waals surface area (Å²) in [5.74, 6) is 0. The molecule has 0 saturated carbocycles. The molecule has 0 fully saturated rings. The maximum absolute atomic E-state index is 4.90. The summed E-state index contributed by atoms with van der Waals surface area (Å²) in [5, 5.41) is 0. The number of hydrogen-bond donors (Lipinski definition) is 0. The molecule has 0 aromatic carbocycles. The first kappa shape index (κ1) is 45.1. The summed E-state index contributed by atoms with van der Waals surface area (Å²) in [6.07, 6.45) is 56.4. The minimum absolute atomic E-state index is 1.17. The maximum Gasteiger partial charge on any atom is 0.115 e. The third kappa shape index (κ3) is 28.9. The smallest absolute Gasteiger partial charge is 0.115 e. The van der Waals surface area contributed by atoms with Gasteiger partial charge in [0.05, 0.1) is 0 Å². The highest BCUT2D eigenvalue weighted by atomic mass is 14.8. The van der Waals surface area contributed by atoms with Gasteiger partial charge in [0.2, 0.25) is 0 Å². The number of rotatable bonds is 39. The summed E-state index contributed by atoms with van der Waals surface area (Å²) in [5.41, 5.74) is 4.35. The zero-order valence-corrected chi connectivity index (χ0v) is 33.5. The van der Waals surface area contributed by atoms with Gasteiger partial charge in [-0.05, 0) is 44.1 Å². The highest BCUT2D eigenvalue weighted by molar-refractivity contribution is 5.25. The number of aromatic nitrogens is 2. The fourth-order valence-electron chi connectivity index (χ4n) is 7.62. The van der Waals surface area contributed by atoms with Gasteiger partial charge in [0, 0.05) is 11.4 Å². The molecule has 0 N–H and O–H groups in total. The Morgan fingerprint density at radius 3 is 0.729 bits per heavy atom. The minimum atomic E-state index is 1.17. The van der Waals surface area contributed by atoms with Crippen molar-refractivity contribution in [1.29, 1.82) is 0 Å². The molecule has 0 atom stereocenters. The first-order valence-corrected chi connectivity index (χ1v) is 22.6. The Morgan fingerprint density at radius 1 is 0.271 bits per heavy atom. The van der Waals surface area contributed by atoms with Crippen LogP contribution in [0, 0.1) is 0 Å². The van der Waals surface area contributed by atoms with E-state index < -0.39 is 0 Å². The molecule has 0 aliphatic rings. The highest BCUT2D eigenvalue weighted by Gasteiger charge is 2.11. The molecule has 1 aromatic heterocycles. The molecule has 48 heavy (non-hydrogen) atoms. The minimum Gasteiger partial charge on any atom is -0.241 e. The van der Waals surface area contributed by atoms with Crippen molar-refractivity contribution in [2.45, 2.75) is 271 Å².